The summed E-state index contributed by atoms with van der Waals surface area (Å²) in [4.78, 5) is 2.37. The van der Waals surface area contributed by atoms with Crippen molar-refractivity contribution in [2.24, 2.45) is 0 Å². The maximum Gasteiger partial charge on any atom is 0.143 e. The summed E-state index contributed by atoms with van der Waals surface area (Å²) in [6.07, 6.45) is 0. The number of benzene rings is 10. The van der Waals surface area contributed by atoms with Crippen LogP contribution in [0.5, 0.6) is 0 Å². The number of nitrogens with zero attached hydrogens (tertiary/aromatic N) is 1. The summed E-state index contributed by atoms with van der Waals surface area (Å²) >= 11 is 0. The monoisotopic (exact) mass is 803 g/mol. The van der Waals surface area contributed by atoms with E-state index in [1.54, 1.807) is 0 Å². The molecule has 0 spiro atoms. The van der Waals surface area contributed by atoms with Crippen molar-refractivity contribution >= 4 is 39.0 Å². The fourth-order valence-corrected chi connectivity index (χ4v) is 10.2. The van der Waals surface area contributed by atoms with E-state index in [4.69, 9.17) is 4.42 Å². The van der Waals surface area contributed by atoms with Crippen molar-refractivity contribution in [1.29, 1.82) is 0 Å². The van der Waals surface area contributed by atoms with Crippen LogP contribution in [0.3, 0.4) is 0 Å². The predicted molar refractivity (Wildman–Crippen MR) is 262 cm³/mol. The van der Waals surface area contributed by atoms with Gasteiger partial charge in [-0.2, -0.15) is 0 Å². The highest BCUT2D eigenvalue weighted by molar-refractivity contribution is 6.09. The van der Waals surface area contributed by atoms with Gasteiger partial charge in [0.15, 0.2) is 0 Å². The summed E-state index contributed by atoms with van der Waals surface area (Å²) < 4.78 is 6.46. The topological polar surface area (TPSA) is 16.4 Å². The van der Waals surface area contributed by atoms with E-state index in [2.05, 4.69) is 241 Å². The number of para-hydroxylation sites is 2. The Balaban J connectivity index is 1.03. The standard InChI is InChI=1S/C61H41NO/c1-3-16-42(17-4-1)43-30-36-47(37-31-43)62(48-38-32-44(33-39-48)50-25-15-26-56-55-24-11-14-29-59(55)63-60(50)56)49-40-34-46(35-41-49)61(45-18-5-2-6-19-45)57-27-12-9-22-53(57)51-20-7-8-21-52(51)54-23-10-13-28-58(54)61/h1-41H. The summed E-state index contributed by atoms with van der Waals surface area (Å²) in [6, 6.07) is 90.4. The molecular formula is C61H41NO. The van der Waals surface area contributed by atoms with Gasteiger partial charge in [0.25, 0.3) is 0 Å². The Morgan fingerprint density at radius 2 is 0.714 bits per heavy atom. The molecular weight excluding hydrogens is 763 g/mol. The van der Waals surface area contributed by atoms with Gasteiger partial charge in [0.2, 0.25) is 0 Å². The number of hydrogen-bond acceptors (Lipinski definition) is 2. The number of fused-ring (bicyclic) bond motifs is 8. The summed E-state index contributed by atoms with van der Waals surface area (Å²) in [5.74, 6) is 0. The van der Waals surface area contributed by atoms with Crippen LogP contribution in [-0.4, -0.2) is 0 Å². The molecule has 0 saturated carbocycles. The minimum atomic E-state index is -0.604. The molecule has 1 aliphatic rings. The van der Waals surface area contributed by atoms with Crippen LogP contribution in [0, 0.1) is 0 Å². The first-order valence-electron chi connectivity index (χ1n) is 21.7. The average Bonchev–Trinajstić information content (AvgIpc) is 3.71. The van der Waals surface area contributed by atoms with Crippen molar-refractivity contribution in [3.8, 4) is 44.5 Å². The second-order valence-electron chi connectivity index (χ2n) is 16.4. The van der Waals surface area contributed by atoms with Crippen LogP contribution >= 0.6 is 0 Å². The fraction of sp³-hybridized carbons (Fsp3) is 0.0164. The van der Waals surface area contributed by atoms with Crippen LogP contribution < -0.4 is 4.90 Å². The van der Waals surface area contributed by atoms with E-state index in [1.807, 2.05) is 12.1 Å². The normalized spacial score (nSPS) is 12.6. The molecule has 0 bridgehead atoms. The lowest BCUT2D eigenvalue weighted by molar-refractivity contribution is 0.670. The third kappa shape index (κ3) is 5.95. The molecule has 296 valence electrons. The second-order valence-corrected chi connectivity index (χ2v) is 16.4. The number of anilines is 3. The van der Waals surface area contributed by atoms with Crippen molar-refractivity contribution in [2.75, 3.05) is 4.90 Å². The van der Waals surface area contributed by atoms with Gasteiger partial charge in [-0.3, -0.25) is 0 Å². The van der Waals surface area contributed by atoms with Gasteiger partial charge in [-0.25, -0.2) is 0 Å². The van der Waals surface area contributed by atoms with Crippen molar-refractivity contribution in [3.63, 3.8) is 0 Å². The molecule has 0 radical (unpaired) electrons. The van der Waals surface area contributed by atoms with E-state index in [1.165, 1.54) is 55.6 Å². The maximum absolute atomic E-state index is 6.46. The zero-order valence-corrected chi connectivity index (χ0v) is 34.5. The summed E-state index contributed by atoms with van der Waals surface area (Å²) in [7, 11) is 0. The molecule has 0 unspecified atom stereocenters. The van der Waals surface area contributed by atoms with Crippen molar-refractivity contribution in [3.05, 3.63) is 271 Å². The Bertz CT molecular complexity index is 3350. The molecule has 0 aliphatic heterocycles. The number of furan rings is 1. The van der Waals surface area contributed by atoms with Gasteiger partial charge in [-0.15, -0.1) is 0 Å². The smallest absolute Gasteiger partial charge is 0.143 e. The highest BCUT2D eigenvalue weighted by Crippen LogP contribution is 2.55. The molecule has 1 aliphatic carbocycles. The molecule has 0 atom stereocenters. The average molecular weight is 804 g/mol. The third-order valence-corrected chi connectivity index (χ3v) is 13.0. The van der Waals surface area contributed by atoms with Gasteiger partial charge < -0.3 is 9.32 Å². The minimum Gasteiger partial charge on any atom is -0.455 e. The van der Waals surface area contributed by atoms with E-state index in [0.29, 0.717) is 0 Å². The van der Waals surface area contributed by atoms with Gasteiger partial charge in [0.05, 0.1) is 5.41 Å². The van der Waals surface area contributed by atoms with Crippen molar-refractivity contribution < 1.29 is 4.42 Å². The van der Waals surface area contributed by atoms with Crippen LogP contribution in [0.2, 0.25) is 0 Å². The highest BCUT2D eigenvalue weighted by atomic mass is 16.3. The highest BCUT2D eigenvalue weighted by Gasteiger charge is 2.43. The molecule has 12 rings (SSSR count). The van der Waals surface area contributed by atoms with Gasteiger partial charge >= 0.3 is 0 Å². The van der Waals surface area contributed by atoms with Crippen LogP contribution in [0.15, 0.2) is 253 Å². The maximum atomic E-state index is 6.46. The molecule has 2 heteroatoms. The summed E-state index contributed by atoms with van der Waals surface area (Å²) in [6.45, 7) is 0. The van der Waals surface area contributed by atoms with Gasteiger partial charge in [0.1, 0.15) is 11.2 Å². The molecule has 1 heterocycles. The van der Waals surface area contributed by atoms with E-state index >= 15 is 0 Å². The molecule has 0 N–H and O–H groups in total. The Labute approximate surface area is 367 Å². The van der Waals surface area contributed by atoms with Crippen LogP contribution in [0.25, 0.3) is 66.4 Å². The van der Waals surface area contributed by atoms with Crippen LogP contribution in [0.1, 0.15) is 22.3 Å². The fourth-order valence-electron chi connectivity index (χ4n) is 10.2. The SMILES string of the molecule is c1ccc(-c2ccc(N(c3ccc(-c4cccc5c4oc4ccccc45)cc3)c3ccc(C4(c5ccccc5)c5ccccc5-c5ccccc5-c5ccccc54)cc3)cc2)cc1. The van der Waals surface area contributed by atoms with Gasteiger partial charge in [-0.1, -0.05) is 206 Å². The van der Waals surface area contributed by atoms with Crippen molar-refractivity contribution in [2.45, 2.75) is 5.41 Å². The summed E-state index contributed by atoms with van der Waals surface area (Å²) in [5.41, 5.74) is 18.9. The van der Waals surface area contributed by atoms with Crippen molar-refractivity contribution in [1.82, 2.24) is 0 Å². The Kier molecular flexibility index (Phi) is 8.76. The number of rotatable bonds is 7. The minimum absolute atomic E-state index is 0.604. The lowest BCUT2D eigenvalue weighted by Gasteiger charge is -2.38. The first-order valence-corrected chi connectivity index (χ1v) is 21.7. The summed E-state index contributed by atoms with van der Waals surface area (Å²) in [5, 5.41) is 2.26. The van der Waals surface area contributed by atoms with Crippen LogP contribution in [0.4, 0.5) is 17.1 Å². The molecule has 11 aromatic rings. The zero-order chi connectivity index (χ0) is 41.7. The Morgan fingerprint density at radius 3 is 1.33 bits per heavy atom. The second kappa shape index (κ2) is 15.1. The van der Waals surface area contributed by atoms with E-state index in [9.17, 15) is 0 Å². The largest absolute Gasteiger partial charge is 0.455 e. The molecule has 0 amide bonds. The Hall–Kier alpha value is -8.20. The lowest BCUT2D eigenvalue weighted by Crippen LogP contribution is -2.31. The molecule has 0 fully saturated rings. The molecule has 2 nitrogen and oxygen atoms in total. The third-order valence-electron chi connectivity index (χ3n) is 13.0. The predicted octanol–water partition coefficient (Wildman–Crippen LogP) is 16.4. The van der Waals surface area contributed by atoms with Gasteiger partial charge in [-0.05, 0) is 104 Å². The lowest BCUT2D eigenvalue weighted by atomic mass is 9.63. The molecule has 1 aromatic heterocycles. The quantitative estimate of drug-likeness (QED) is 0.160. The van der Waals surface area contributed by atoms with E-state index in [-0.39, 0.29) is 0 Å². The first-order chi connectivity index (χ1) is 31.3. The number of hydrogen-bond donors (Lipinski definition) is 0. The van der Waals surface area contributed by atoms with E-state index < -0.39 is 5.41 Å². The van der Waals surface area contributed by atoms with Crippen LogP contribution in [-0.2, 0) is 5.41 Å². The zero-order valence-electron chi connectivity index (χ0n) is 34.5. The molecule has 10 aromatic carbocycles. The molecule has 0 saturated heterocycles. The first kappa shape index (κ1) is 36.6. The van der Waals surface area contributed by atoms with E-state index in [0.717, 1.165) is 50.1 Å². The van der Waals surface area contributed by atoms with Gasteiger partial charge in [0, 0.05) is 33.4 Å². The Morgan fingerprint density at radius 1 is 0.286 bits per heavy atom. The molecule has 63 heavy (non-hydrogen) atoms.